The molecule has 3 heteroatoms. The molecule has 0 aliphatic carbocycles. The predicted molar refractivity (Wildman–Crippen MR) is 73.4 cm³/mol. The third kappa shape index (κ3) is 5.36. The molecule has 102 valence electrons. The molecule has 1 fully saturated rings. The van der Waals surface area contributed by atoms with Gasteiger partial charge in [-0.1, -0.05) is 20.8 Å². The summed E-state index contributed by atoms with van der Waals surface area (Å²) in [6, 6.07) is 1.30. The van der Waals surface area contributed by atoms with E-state index in [1.54, 1.807) is 0 Å². The summed E-state index contributed by atoms with van der Waals surface area (Å²) in [5, 5.41) is 3.56. The highest BCUT2D eigenvalue weighted by atomic mass is 16.5. The Balaban J connectivity index is 2.29. The fourth-order valence-electron chi connectivity index (χ4n) is 2.62. The largest absolute Gasteiger partial charge is 0.384 e. The van der Waals surface area contributed by atoms with Gasteiger partial charge in [0.15, 0.2) is 0 Å². The number of likely N-dealkylation sites (tertiary alicyclic amines) is 1. The molecule has 0 aromatic heterocycles. The molecule has 1 saturated heterocycles. The Kier molecular flexibility index (Phi) is 7.09. The number of nitrogens with one attached hydrogen (secondary N) is 1. The number of piperidine rings is 1. The van der Waals surface area contributed by atoms with Crippen molar-refractivity contribution in [3.8, 4) is 0 Å². The first-order valence-corrected chi connectivity index (χ1v) is 7.13. The van der Waals surface area contributed by atoms with E-state index in [4.69, 9.17) is 4.74 Å². The summed E-state index contributed by atoms with van der Waals surface area (Å²) in [6.07, 6.45) is 3.84. The number of ether oxygens (including phenoxy) is 1. The molecule has 1 N–H and O–H groups in total. The van der Waals surface area contributed by atoms with Gasteiger partial charge < -0.3 is 10.1 Å². The first-order valence-electron chi connectivity index (χ1n) is 7.13. The molecule has 0 bridgehead atoms. The van der Waals surface area contributed by atoms with Gasteiger partial charge >= 0.3 is 0 Å². The van der Waals surface area contributed by atoms with Crippen molar-refractivity contribution in [1.82, 2.24) is 10.2 Å². The van der Waals surface area contributed by atoms with Crippen LogP contribution in [0.1, 0.15) is 40.0 Å². The molecular formula is C14H30N2O. The maximum absolute atomic E-state index is 5.25. The Morgan fingerprint density at radius 1 is 1.29 bits per heavy atom. The van der Waals surface area contributed by atoms with E-state index in [0.717, 1.165) is 19.1 Å². The predicted octanol–water partition coefficient (Wildman–Crippen LogP) is 2.12. The molecule has 1 rings (SSSR count). The summed E-state index contributed by atoms with van der Waals surface area (Å²) in [5.41, 5.74) is 0. The Hall–Kier alpha value is -0.120. The van der Waals surface area contributed by atoms with E-state index in [1.165, 1.54) is 32.4 Å². The van der Waals surface area contributed by atoms with Crippen LogP contribution in [0.3, 0.4) is 0 Å². The molecule has 3 nitrogen and oxygen atoms in total. The maximum atomic E-state index is 5.25. The van der Waals surface area contributed by atoms with Gasteiger partial charge in [0, 0.05) is 32.3 Å². The minimum Gasteiger partial charge on any atom is -0.384 e. The normalized spacial score (nSPS) is 21.0. The Morgan fingerprint density at radius 3 is 2.41 bits per heavy atom. The summed E-state index contributed by atoms with van der Waals surface area (Å²) < 4.78 is 5.25. The van der Waals surface area contributed by atoms with Crippen molar-refractivity contribution < 1.29 is 4.74 Å². The lowest BCUT2D eigenvalue weighted by Crippen LogP contribution is -2.47. The van der Waals surface area contributed by atoms with Crippen LogP contribution in [0.4, 0.5) is 0 Å². The van der Waals surface area contributed by atoms with Gasteiger partial charge in [-0.3, -0.25) is 4.90 Å². The molecular weight excluding hydrogens is 212 g/mol. The van der Waals surface area contributed by atoms with Gasteiger partial charge in [0.2, 0.25) is 0 Å². The lowest BCUT2D eigenvalue weighted by molar-refractivity contribution is 0.0775. The van der Waals surface area contributed by atoms with Crippen LogP contribution in [-0.2, 0) is 4.74 Å². The zero-order valence-corrected chi connectivity index (χ0v) is 12.0. The highest BCUT2D eigenvalue weighted by Gasteiger charge is 2.23. The molecule has 0 saturated carbocycles. The van der Waals surface area contributed by atoms with E-state index in [9.17, 15) is 0 Å². The number of nitrogens with zero attached hydrogens (tertiary/aromatic N) is 1. The van der Waals surface area contributed by atoms with Crippen LogP contribution in [0.15, 0.2) is 0 Å². The van der Waals surface area contributed by atoms with Crippen LogP contribution in [0.2, 0.25) is 0 Å². The fraction of sp³-hybridized carbons (Fsp3) is 1.00. The average molecular weight is 242 g/mol. The van der Waals surface area contributed by atoms with Crippen LogP contribution in [0, 0.1) is 5.92 Å². The Bertz CT molecular complexity index is 189. The van der Waals surface area contributed by atoms with Gasteiger partial charge in [-0.15, -0.1) is 0 Å². The smallest absolute Gasteiger partial charge is 0.0491 e. The number of rotatable bonds is 7. The summed E-state index contributed by atoms with van der Waals surface area (Å²) in [4.78, 5) is 2.65. The molecule has 1 aliphatic heterocycles. The van der Waals surface area contributed by atoms with Gasteiger partial charge in [0.25, 0.3) is 0 Å². The molecule has 0 amide bonds. The van der Waals surface area contributed by atoms with Crippen LogP contribution < -0.4 is 5.32 Å². The van der Waals surface area contributed by atoms with E-state index in [0.29, 0.717) is 12.1 Å². The summed E-state index contributed by atoms with van der Waals surface area (Å²) in [6.45, 7) is 11.3. The lowest BCUT2D eigenvalue weighted by atomic mass is 9.96. The van der Waals surface area contributed by atoms with Crippen molar-refractivity contribution in [3.63, 3.8) is 0 Å². The highest BCUT2D eigenvalue weighted by Crippen LogP contribution is 2.20. The van der Waals surface area contributed by atoms with Gasteiger partial charge in [-0.2, -0.15) is 0 Å². The highest BCUT2D eigenvalue weighted by molar-refractivity contribution is 4.79. The van der Waals surface area contributed by atoms with Crippen LogP contribution in [0.5, 0.6) is 0 Å². The Labute approximate surface area is 107 Å². The quantitative estimate of drug-likeness (QED) is 0.740. The standard InChI is InChI=1S/C14H30N2O/c1-5-14(10-15-12(2)3)16-8-6-13(7-9-16)11-17-4/h12-15H,5-11H2,1-4H3. The molecule has 0 spiro atoms. The topological polar surface area (TPSA) is 24.5 Å². The average Bonchev–Trinajstić information content (AvgIpc) is 2.32. The van der Waals surface area contributed by atoms with Crippen molar-refractivity contribution >= 4 is 0 Å². The molecule has 1 unspecified atom stereocenters. The van der Waals surface area contributed by atoms with Gasteiger partial charge in [0.05, 0.1) is 0 Å². The fourth-order valence-corrected chi connectivity index (χ4v) is 2.62. The Morgan fingerprint density at radius 2 is 1.94 bits per heavy atom. The zero-order chi connectivity index (χ0) is 12.7. The first kappa shape index (κ1) is 14.9. The van der Waals surface area contributed by atoms with Crippen molar-refractivity contribution in [2.75, 3.05) is 33.4 Å². The first-order chi connectivity index (χ1) is 8.17. The monoisotopic (exact) mass is 242 g/mol. The molecule has 0 aromatic carbocycles. The summed E-state index contributed by atoms with van der Waals surface area (Å²) >= 11 is 0. The molecule has 0 aromatic rings. The third-order valence-corrected chi connectivity index (χ3v) is 3.80. The lowest BCUT2D eigenvalue weighted by Gasteiger charge is -2.37. The zero-order valence-electron chi connectivity index (χ0n) is 12.0. The van der Waals surface area contributed by atoms with Crippen molar-refractivity contribution in [2.24, 2.45) is 5.92 Å². The number of hydrogen-bond acceptors (Lipinski definition) is 3. The minimum absolute atomic E-state index is 0.593. The molecule has 1 atom stereocenters. The van der Waals surface area contributed by atoms with Crippen LogP contribution in [0.25, 0.3) is 0 Å². The molecule has 17 heavy (non-hydrogen) atoms. The minimum atomic E-state index is 0.593. The summed E-state index contributed by atoms with van der Waals surface area (Å²) in [5.74, 6) is 0.784. The van der Waals surface area contributed by atoms with E-state index >= 15 is 0 Å². The van der Waals surface area contributed by atoms with Gasteiger partial charge in [-0.25, -0.2) is 0 Å². The second kappa shape index (κ2) is 8.06. The van der Waals surface area contributed by atoms with Crippen molar-refractivity contribution in [2.45, 2.75) is 52.1 Å². The van der Waals surface area contributed by atoms with E-state index in [1.807, 2.05) is 7.11 Å². The van der Waals surface area contributed by atoms with Crippen LogP contribution >= 0.6 is 0 Å². The van der Waals surface area contributed by atoms with Crippen molar-refractivity contribution in [1.29, 1.82) is 0 Å². The number of hydrogen-bond donors (Lipinski definition) is 1. The molecule has 1 heterocycles. The second-order valence-corrected chi connectivity index (χ2v) is 5.56. The van der Waals surface area contributed by atoms with E-state index < -0.39 is 0 Å². The SMILES string of the molecule is CCC(CNC(C)C)N1CCC(COC)CC1. The maximum Gasteiger partial charge on any atom is 0.0491 e. The molecule has 0 radical (unpaired) electrons. The second-order valence-electron chi connectivity index (χ2n) is 5.56. The van der Waals surface area contributed by atoms with Crippen molar-refractivity contribution in [3.05, 3.63) is 0 Å². The molecule has 1 aliphatic rings. The third-order valence-electron chi connectivity index (χ3n) is 3.80. The van der Waals surface area contributed by atoms with E-state index in [2.05, 4.69) is 31.0 Å². The van der Waals surface area contributed by atoms with Gasteiger partial charge in [-0.05, 0) is 38.3 Å². The van der Waals surface area contributed by atoms with Crippen LogP contribution in [-0.4, -0.2) is 50.3 Å². The number of methoxy groups -OCH3 is 1. The summed E-state index contributed by atoms with van der Waals surface area (Å²) in [7, 11) is 1.81. The van der Waals surface area contributed by atoms with E-state index in [-0.39, 0.29) is 0 Å². The van der Waals surface area contributed by atoms with Gasteiger partial charge in [0.1, 0.15) is 0 Å².